The van der Waals surface area contributed by atoms with Crippen LogP contribution < -0.4 is 5.32 Å². The summed E-state index contributed by atoms with van der Waals surface area (Å²) in [5.74, 6) is 0. The molecule has 0 heterocycles. The van der Waals surface area contributed by atoms with Gasteiger partial charge in [-0.25, -0.2) is 0 Å². The summed E-state index contributed by atoms with van der Waals surface area (Å²) in [4.78, 5) is 0. The summed E-state index contributed by atoms with van der Waals surface area (Å²) in [7, 11) is 2.10. The van der Waals surface area contributed by atoms with Gasteiger partial charge >= 0.3 is 0 Å². The van der Waals surface area contributed by atoms with Crippen molar-refractivity contribution in [3.8, 4) is 0 Å². The molecular formula is C9H14N+. The van der Waals surface area contributed by atoms with Crippen LogP contribution in [0, 0.1) is 0 Å². The van der Waals surface area contributed by atoms with Gasteiger partial charge in [-0.05, 0) is 5.56 Å². The van der Waals surface area contributed by atoms with Crippen molar-refractivity contribution in [1.82, 2.24) is 0 Å². The number of nitrogens with two attached hydrogens (primary N) is 1. The molecule has 0 atom stereocenters. The fourth-order valence-corrected chi connectivity index (χ4v) is 0.956. The second-order valence-electron chi connectivity index (χ2n) is 2.43. The van der Waals surface area contributed by atoms with E-state index in [1.165, 1.54) is 18.5 Å². The molecule has 0 radical (unpaired) electrons. The number of rotatable bonds is 3. The molecule has 0 saturated heterocycles. The Kier molecular flexibility index (Phi) is 2.97. The van der Waals surface area contributed by atoms with Gasteiger partial charge in [-0.1, -0.05) is 30.3 Å². The summed E-state index contributed by atoms with van der Waals surface area (Å²) in [6.07, 6.45) is 1.18. The lowest BCUT2D eigenvalue weighted by atomic mass is 10.2. The van der Waals surface area contributed by atoms with Crippen LogP contribution in [0.4, 0.5) is 0 Å². The second kappa shape index (κ2) is 4.07. The Balaban J connectivity index is 2.43. The lowest BCUT2D eigenvalue weighted by Crippen LogP contribution is -2.80. The maximum atomic E-state index is 2.20. The summed E-state index contributed by atoms with van der Waals surface area (Å²) in [5.41, 5.74) is 1.43. The second-order valence-corrected chi connectivity index (χ2v) is 2.43. The minimum atomic E-state index is 1.18. The average Bonchev–Trinajstić information content (AvgIpc) is 2.03. The van der Waals surface area contributed by atoms with Crippen molar-refractivity contribution in [3.63, 3.8) is 0 Å². The maximum Gasteiger partial charge on any atom is 0.0794 e. The number of hydrogen-bond donors (Lipinski definition) is 1. The van der Waals surface area contributed by atoms with E-state index in [1.807, 2.05) is 0 Å². The molecule has 0 aliphatic heterocycles. The number of benzene rings is 1. The molecule has 0 spiro atoms. The van der Waals surface area contributed by atoms with Crippen molar-refractivity contribution in [2.75, 3.05) is 13.6 Å². The summed E-state index contributed by atoms with van der Waals surface area (Å²) in [6.45, 7) is 1.18. The Morgan fingerprint density at radius 1 is 1.20 bits per heavy atom. The highest BCUT2D eigenvalue weighted by atomic mass is 14.8. The van der Waals surface area contributed by atoms with E-state index in [9.17, 15) is 0 Å². The van der Waals surface area contributed by atoms with Crippen molar-refractivity contribution in [3.05, 3.63) is 35.9 Å². The lowest BCUT2D eigenvalue weighted by molar-refractivity contribution is -0.626. The third-order valence-electron chi connectivity index (χ3n) is 1.56. The van der Waals surface area contributed by atoms with Crippen LogP contribution in [0.3, 0.4) is 0 Å². The fourth-order valence-electron chi connectivity index (χ4n) is 0.956. The molecule has 10 heavy (non-hydrogen) atoms. The molecule has 0 bridgehead atoms. The van der Waals surface area contributed by atoms with E-state index in [4.69, 9.17) is 0 Å². The van der Waals surface area contributed by atoms with Crippen molar-refractivity contribution < 1.29 is 5.32 Å². The fraction of sp³-hybridized carbons (Fsp3) is 0.333. The average molecular weight is 136 g/mol. The zero-order chi connectivity index (χ0) is 7.23. The van der Waals surface area contributed by atoms with E-state index < -0.39 is 0 Å². The molecule has 0 fully saturated rings. The van der Waals surface area contributed by atoms with Gasteiger partial charge in [-0.2, -0.15) is 0 Å². The van der Waals surface area contributed by atoms with Crippen LogP contribution >= 0.6 is 0 Å². The highest BCUT2D eigenvalue weighted by Gasteiger charge is 1.88. The maximum absolute atomic E-state index is 2.20. The molecule has 0 unspecified atom stereocenters. The van der Waals surface area contributed by atoms with E-state index in [2.05, 4.69) is 42.7 Å². The van der Waals surface area contributed by atoms with Gasteiger partial charge in [-0.15, -0.1) is 0 Å². The minimum absolute atomic E-state index is 1.18. The first-order chi connectivity index (χ1) is 4.93. The van der Waals surface area contributed by atoms with Gasteiger partial charge in [0.1, 0.15) is 0 Å². The Morgan fingerprint density at radius 3 is 2.50 bits per heavy atom. The molecule has 0 saturated carbocycles. The Labute approximate surface area is 62.1 Å². The first-order valence-electron chi connectivity index (χ1n) is 3.75. The highest BCUT2D eigenvalue weighted by molar-refractivity contribution is 5.14. The van der Waals surface area contributed by atoms with Crippen LogP contribution in [0.5, 0.6) is 0 Å². The van der Waals surface area contributed by atoms with Gasteiger partial charge in [0.2, 0.25) is 0 Å². The van der Waals surface area contributed by atoms with Crippen molar-refractivity contribution in [1.29, 1.82) is 0 Å². The van der Waals surface area contributed by atoms with Crippen molar-refractivity contribution in [2.24, 2.45) is 0 Å². The third-order valence-corrected chi connectivity index (χ3v) is 1.56. The summed E-state index contributed by atoms with van der Waals surface area (Å²) in [5, 5.41) is 2.20. The van der Waals surface area contributed by atoms with Gasteiger partial charge < -0.3 is 5.32 Å². The molecule has 0 amide bonds. The molecule has 1 nitrogen and oxygen atoms in total. The lowest BCUT2D eigenvalue weighted by Gasteiger charge is -1.95. The van der Waals surface area contributed by atoms with Gasteiger partial charge in [0.25, 0.3) is 0 Å². The molecule has 2 N–H and O–H groups in total. The van der Waals surface area contributed by atoms with E-state index >= 15 is 0 Å². The molecule has 1 rings (SSSR count). The van der Waals surface area contributed by atoms with Crippen LogP contribution in [-0.4, -0.2) is 13.6 Å². The topological polar surface area (TPSA) is 16.6 Å². The molecule has 1 heteroatoms. The van der Waals surface area contributed by atoms with Gasteiger partial charge in [0.15, 0.2) is 0 Å². The van der Waals surface area contributed by atoms with Crippen LogP contribution in [0.2, 0.25) is 0 Å². The minimum Gasteiger partial charge on any atom is -0.348 e. The van der Waals surface area contributed by atoms with Crippen LogP contribution in [0.15, 0.2) is 30.3 Å². The smallest absolute Gasteiger partial charge is 0.0794 e. The van der Waals surface area contributed by atoms with Crippen molar-refractivity contribution in [2.45, 2.75) is 6.42 Å². The first-order valence-corrected chi connectivity index (χ1v) is 3.75. The zero-order valence-corrected chi connectivity index (χ0v) is 6.38. The van der Waals surface area contributed by atoms with Gasteiger partial charge in [-0.3, -0.25) is 0 Å². The molecule has 0 aliphatic carbocycles. The third kappa shape index (κ3) is 2.19. The number of quaternary nitrogens is 1. The molecular weight excluding hydrogens is 122 g/mol. The quantitative estimate of drug-likeness (QED) is 0.620. The molecule has 54 valence electrons. The van der Waals surface area contributed by atoms with Gasteiger partial charge in [0.05, 0.1) is 13.6 Å². The Morgan fingerprint density at radius 2 is 1.90 bits per heavy atom. The molecule has 1 aromatic carbocycles. The van der Waals surface area contributed by atoms with Crippen LogP contribution in [0.25, 0.3) is 0 Å². The van der Waals surface area contributed by atoms with Crippen molar-refractivity contribution >= 4 is 0 Å². The van der Waals surface area contributed by atoms with Crippen LogP contribution in [0.1, 0.15) is 5.56 Å². The summed E-state index contributed by atoms with van der Waals surface area (Å²) >= 11 is 0. The van der Waals surface area contributed by atoms with E-state index in [0.717, 1.165) is 0 Å². The molecule has 1 aromatic rings. The summed E-state index contributed by atoms with van der Waals surface area (Å²) in [6, 6.07) is 10.6. The monoisotopic (exact) mass is 136 g/mol. The van der Waals surface area contributed by atoms with E-state index in [1.54, 1.807) is 0 Å². The van der Waals surface area contributed by atoms with E-state index in [0.29, 0.717) is 0 Å². The largest absolute Gasteiger partial charge is 0.348 e. The number of hydrogen-bond acceptors (Lipinski definition) is 0. The predicted molar refractivity (Wildman–Crippen MR) is 42.9 cm³/mol. The highest BCUT2D eigenvalue weighted by Crippen LogP contribution is 1.96. The molecule has 0 aliphatic rings. The zero-order valence-electron chi connectivity index (χ0n) is 6.38. The SMILES string of the molecule is C[NH2+]CCc1ccccc1. The van der Waals surface area contributed by atoms with Crippen LogP contribution in [-0.2, 0) is 6.42 Å². The molecule has 0 aromatic heterocycles. The van der Waals surface area contributed by atoms with Gasteiger partial charge in [0, 0.05) is 6.42 Å². The Bertz CT molecular complexity index is 169. The predicted octanol–water partition coefficient (Wildman–Crippen LogP) is 0.422. The number of likely N-dealkylation sites (N-methyl/N-ethyl adjacent to an activating group) is 1. The summed E-state index contributed by atoms with van der Waals surface area (Å²) < 4.78 is 0. The van der Waals surface area contributed by atoms with E-state index in [-0.39, 0.29) is 0 Å². The normalized spacial score (nSPS) is 9.70. The standard InChI is InChI=1S/C9H13N/c1-10-8-7-9-5-3-2-4-6-9/h2-6,10H,7-8H2,1H3/p+1. The first kappa shape index (κ1) is 7.29. The Hall–Kier alpha value is -0.820.